The van der Waals surface area contributed by atoms with Gasteiger partial charge in [0.15, 0.2) is 0 Å². The van der Waals surface area contributed by atoms with E-state index < -0.39 is 5.60 Å². The number of aryl methyl sites for hydroxylation is 2. The van der Waals surface area contributed by atoms with Crippen LogP contribution in [0.2, 0.25) is 5.02 Å². The zero-order valence-corrected chi connectivity index (χ0v) is 17.5. The van der Waals surface area contributed by atoms with Crippen LogP contribution in [0, 0.1) is 12.8 Å². The van der Waals surface area contributed by atoms with Crippen molar-refractivity contribution in [3.05, 3.63) is 70.2 Å². The smallest absolute Gasteiger partial charge is 0.0697 e. The van der Waals surface area contributed by atoms with E-state index in [1.54, 1.807) is 0 Å². The Morgan fingerprint density at radius 3 is 2.52 bits per heavy atom. The summed E-state index contributed by atoms with van der Waals surface area (Å²) in [5.74, 6) is 0.227. The third-order valence-corrected chi connectivity index (χ3v) is 6.66. The first-order valence-corrected chi connectivity index (χ1v) is 10.5. The summed E-state index contributed by atoms with van der Waals surface area (Å²) in [6.07, 6.45) is 5.81. The molecule has 2 aromatic carbocycles. The monoisotopic (exact) mass is 385 g/mol. The van der Waals surface area contributed by atoms with E-state index in [9.17, 15) is 5.11 Å². The first kappa shape index (κ1) is 20.4. The first-order valence-electron chi connectivity index (χ1n) is 10.1. The third kappa shape index (κ3) is 4.56. The van der Waals surface area contributed by atoms with Crippen LogP contribution < -0.4 is 0 Å². The van der Waals surface area contributed by atoms with E-state index in [0.29, 0.717) is 0 Å². The standard InChI is InChI=1S/C24H32ClNO/c1-18-10-4-6-12-20(18)23(26(2)3)21-13-8-9-16-24(21,27)17-15-19-11-5-7-14-22(19)25/h4-7,10-12,14,21,23,27H,8-9,13,15-17H2,1-3H3. The summed E-state index contributed by atoms with van der Waals surface area (Å²) in [5, 5.41) is 12.6. The molecule has 0 spiro atoms. The molecular formula is C24H32ClNO. The molecule has 1 saturated carbocycles. The molecule has 2 nitrogen and oxygen atoms in total. The number of halogens is 1. The Kier molecular flexibility index (Phi) is 6.62. The number of nitrogens with zero attached hydrogens (tertiary/aromatic N) is 1. The molecule has 0 saturated heterocycles. The highest BCUT2D eigenvalue weighted by Crippen LogP contribution is 2.46. The molecule has 0 amide bonds. The van der Waals surface area contributed by atoms with Crippen molar-refractivity contribution in [3.63, 3.8) is 0 Å². The van der Waals surface area contributed by atoms with Gasteiger partial charge in [0, 0.05) is 17.0 Å². The summed E-state index contributed by atoms with van der Waals surface area (Å²) in [6, 6.07) is 16.8. The largest absolute Gasteiger partial charge is 0.390 e. The predicted octanol–water partition coefficient (Wildman–Crippen LogP) is 5.81. The molecule has 3 rings (SSSR count). The number of benzene rings is 2. The van der Waals surface area contributed by atoms with E-state index >= 15 is 0 Å². The summed E-state index contributed by atoms with van der Waals surface area (Å²) in [6.45, 7) is 2.18. The SMILES string of the molecule is Cc1ccccc1C(C1CCCCC1(O)CCc1ccccc1Cl)N(C)C. The van der Waals surface area contributed by atoms with E-state index in [0.717, 1.165) is 42.7 Å². The second-order valence-corrected chi connectivity index (χ2v) is 8.72. The molecule has 0 heterocycles. The van der Waals surface area contributed by atoms with E-state index in [1.165, 1.54) is 17.5 Å². The lowest BCUT2D eigenvalue weighted by Crippen LogP contribution is -2.47. The van der Waals surface area contributed by atoms with Crippen LogP contribution in [-0.2, 0) is 6.42 Å². The van der Waals surface area contributed by atoms with Crippen LogP contribution in [0.15, 0.2) is 48.5 Å². The van der Waals surface area contributed by atoms with Crippen LogP contribution in [-0.4, -0.2) is 29.7 Å². The number of hydrogen-bond donors (Lipinski definition) is 1. The third-order valence-electron chi connectivity index (χ3n) is 6.29. The van der Waals surface area contributed by atoms with Gasteiger partial charge in [-0.05, 0) is 69.5 Å². The van der Waals surface area contributed by atoms with Gasteiger partial charge in [-0.25, -0.2) is 0 Å². The zero-order valence-electron chi connectivity index (χ0n) is 16.8. The Morgan fingerprint density at radius 2 is 1.81 bits per heavy atom. The van der Waals surface area contributed by atoms with Gasteiger partial charge in [-0.3, -0.25) is 0 Å². The molecule has 1 fully saturated rings. The van der Waals surface area contributed by atoms with Gasteiger partial charge in [0.05, 0.1) is 5.60 Å². The van der Waals surface area contributed by atoms with Crippen molar-refractivity contribution in [3.8, 4) is 0 Å². The molecule has 1 aliphatic rings. The van der Waals surface area contributed by atoms with Crippen molar-refractivity contribution in [1.82, 2.24) is 4.90 Å². The molecule has 3 atom stereocenters. The maximum atomic E-state index is 11.8. The minimum absolute atomic E-state index is 0.225. The van der Waals surface area contributed by atoms with Crippen LogP contribution in [0.3, 0.4) is 0 Å². The van der Waals surface area contributed by atoms with Crippen LogP contribution in [0.1, 0.15) is 54.8 Å². The molecule has 146 valence electrons. The molecule has 0 bridgehead atoms. The highest BCUT2D eigenvalue weighted by Gasteiger charge is 2.44. The van der Waals surface area contributed by atoms with E-state index in [-0.39, 0.29) is 12.0 Å². The van der Waals surface area contributed by atoms with Gasteiger partial charge in [-0.1, -0.05) is 66.9 Å². The van der Waals surface area contributed by atoms with Gasteiger partial charge < -0.3 is 10.0 Å². The molecule has 0 aliphatic heterocycles. The fourth-order valence-corrected chi connectivity index (χ4v) is 5.07. The Balaban J connectivity index is 1.88. The van der Waals surface area contributed by atoms with E-state index in [4.69, 9.17) is 11.6 Å². The van der Waals surface area contributed by atoms with Crippen molar-refractivity contribution in [2.45, 2.75) is 57.1 Å². The van der Waals surface area contributed by atoms with Crippen molar-refractivity contribution in [2.24, 2.45) is 5.92 Å². The van der Waals surface area contributed by atoms with Gasteiger partial charge in [0.25, 0.3) is 0 Å². The van der Waals surface area contributed by atoms with Crippen molar-refractivity contribution >= 4 is 11.6 Å². The molecule has 2 aromatic rings. The maximum Gasteiger partial charge on any atom is 0.0697 e. The highest BCUT2D eigenvalue weighted by atomic mass is 35.5. The minimum atomic E-state index is -0.658. The molecule has 1 aliphatic carbocycles. The quantitative estimate of drug-likeness (QED) is 0.678. The van der Waals surface area contributed by atoms with Crippen LogP contribution in [0.5, 0.6) is 0 Å². The van der Waals surface area contributed by atoms with Crippen molar-refractivity contribution < 1.29 is 5.11 Å². The lowest BCUT2D eigenvalue weighted by molar-refractivity contribution is -0.0829. The average Bonchev–Trinajstić information content (AvgIpc) is 2.64. The number of hydrogen-bond acceptors (Lipinski definition) is 2. The van der Waals surface area contributed by atoms with Gasteiger partial charge in [-0.2, -0.15) is 0 Å². The summed E-state index contributed by atoms with van der Waals surface area (Å²) in [7, 11) is 4.28. The lowest BCUT2D eigenvalue weighted by Gasteiger charge is -2.47. The number of aliphatic hydroxyl groups is 1. The Labute approximate surface area is 169 Å². The second kappa shape index (κ2) is 8.77. The number of rotatable bonds is 6. The van der Waals surface area contributed by atoms with Gasteiger partial charge in [0.1, 0.15) is 0 Å². The van der Waals surface area contributed by atoms with Gasteiger partial charge >= 0.3 is 0 Å². The average molecular weight is 386 g/mol. The Bertz CT molecular complexity index is 760. The molecule has 3 unspecified atom stereocenters. The van der Waals surface area contributed by atoms with Gasteiger partial charge in [-0.15, -0.1) is 0 Å². The fraction of sp³-hybridized carbons (Fsp3) is 0.500. The highest BCUT2D eigenvalue weighted by molar-refractivity contribution is 6.31. The first-order chi connectivity index (χ1) is 12.9. The molecule has 0 aromatic heterocycles. The minimum Gasteiger partial charge on any atom is -0.390 e. The lowest BCUT2D eigenvalue weighted by atomic mass is 9.67. The van der Waals surface area contributed by atoms with Crippen molar-refractivity contribution in [1.29, 1.82) is 0 Å². The van der Waals surface area contributed by atoms with E-state index in [1.807, 2.05) is 18.2 Å². The maximum absolute atomic E-state index is 11.8. The molecular weight excluding hydrogens is 354 g/mol. The normalized spacial score (nSPS) is 24.1. The summed E-state index contributed by atoms with van der Waals surface area (Å²) >= 11 is 6.36. The Morgan fingerprint density at radius 1 is 1.11 bits per heavy atom. The van der Waals surface area contributed by atoms with Crippen LogP contribution in [0.25, 0.3) is 0 Å². The predicted molar refractivity (Wildman–Crippen MR) is 114 cm³/mol. The topological polar surface area (TPSA) is 23.5 Å². The van der Waals surface area contributed by atoms with Crippen LogP contribution in [0.4, 0.5) is 0 Å². The molecule has 0 radical (unpaired) electrons. The molecule has 1 N–H and O–H groups in total. The summed E-state index contributed by atoms with van der Waals surface area (Å²) in [5.41, 5.74) is 3.12. The van der Waals surface area contributed by atoms with Crippen LogP contribution >= 0.6 is 11.6 Å². The molecule has 3 heteroatoms. The Hall–Kier alpha value is -1.35. The molecule has 27 heavy (non-hydrogen) atoms. The van der Waals surface area contributed by atoms with Crippen molar-refractivity contribution in [2.75, 3.05) is 14.1 Å². The van der Waals surface area contributed by atoms with E-state index in [2.05, 4.69) is 56.3 Å². The zero-order chi connectivity index (χ0) is 19.4. The fourth-order valence-electron chi connectivity index (χ4n) is 4.84. The summed E-state index contributed by atoms with van der Waals surface area (Å²) in [4.78, 5) is 2.29. The van der Waals surface area contributed by atoms with Gasteiger partial charge in [0.2, 0.25) is 0 Å². The second-order valence-electron chi connectivity index (χ2n) is 8.31. The summed E-state index contributed by atoms with van der Waals surface area (Å²) < 4.78 is 0.